The number of amides is 1. The molecule has 0 radical (unpaired) electrons. The number of phenolic OH excluding ortho intramolecular Hbond substituents is 1. The van der Waals surface area contributed by atoms with Gasteiger partial charge in [-0.25, -0.2) is 0 Å². The highest BCUT2D eigenvalue weighted by Gasteiger charge is 2.78. The van der Waals surface area contributed by atoms with Crippen LogP contribution >= 0.6 is 0 Å². The molecule has 5 rings (SSSR count). The molecule has 1 heterocycles. The monoisotopic (exact) mass is 534 g/mol. The van der Waals surface area contributed by atoms with Crippen LogP contribution in [0, 0.1) is 28.6 Å². The zero-order chi connectivity index (χ0) is 28.8. The van der Waals surface area contributed by atoms with Gasteiger partial charge in [0.25, 0.3) is 0 Å². The number of nitrogens with two attached hydrogens (primary N) is 4. The van der Waals surface area contributed by atoms with Gasteiger partial charge in [0.15, 0.2) is 34.5 Å². The number of nitriles is 1. The Balaban J connectivity index is 1.81. The van der Waals surface area contributed by atoms with E-state index in [1.807, 2.05) is 0 Å². The van der Waals surface area contributed by atoms with Gasteiger partial charge in [-0.1, -0.05) is 0 Å². The van der Waals surface area contributed by atoms with Crippen molar-refractivity contribution in [2.45, 2.75) is 30.0 Å². The van der Waals surface area contributed by atoms with Crippen LogP contribution in [0.5, 0.6) is 5.75 Å². The number of hydrogen-bond donors (Lipinski definition) is 5. The molecule has 202 valence electrons. The predicted octanol–water partition coefficient (Wildman–Crippen LogP) is -1.35. The van der Waals surface area contributed by atoms with Gasteiger partial charge in [-0.05, 0) is 50.2 Å². The number of Topliss-reactive ketones (excluding diaryl/α,β-unsaturated/α-hetero) is 4. The molecule has 13 heteroatoms. The average molecular weight is 535 g/mol. The van der Waals surface area contributed by atoms with Gasteiger partial charge in [0.05, 0.1) is 41.4 Å². The molecule has 1 amide bonds. The highest BCUT2D eigenvalue weighted by atomic mass is 16.3. The van der Waals surface area contributed by atoms with E-state index in [1.54, 1.807) is 12.1 Å². The number of anilines is 1. The van der Waals surface area contributed by atoms with Gasteiger partial charge in [-0.3, -0.25) is 28.9 Å². The van der Waals surface area contributed by atoms with E-state index >= 15 is 0 Å². The zero-order valence-electron chi connectivity index (χ0n) is 21.1. The molecule has 0 saturated heterocycles. The van der Waals surface area contributed by atoms with Crippen molar-refractivity contribution in [2.24, 2.45) is 34.5 Å². The van der Waals surface area contributed by atoms with Gasteiger partial charge in [-0.2, -0.15) is 5.26 Å². The number of carbonyl (C=O) groups is 5. The maximum atomic E-state index is 14.3. The molecule has 3 aliphatic rings. The lowest BCUT2D eigenvalue weighted by atomic mass is 9.42. The van der Waals surface area contributed by atoms with Crippen molar-refractivity contribution in [1.82, 2.24) is 4.90 Å². The predicted molar refractivity (Wildman–Crippen MR) is 133 cm³/mol. The third kappa shape index (κ3) is 3.01. The van der Waals surface area contributed by atoms with Gasteiger partial charge in [0, 0.05) is 11.1 Å². The van der Waals surface area contributed by atoms with Crippen LogP contribution in [0.2, 0.25) is 0 Å². The minimum atomic E-state index is -2.81. The molecule has 9 N–H and O–H groups in total. The van der Waals surface area contributed by atoms with Gasteiger partial charge in [0.1, 0.15) is 11.7 Å². The molecule has 2 saturated carbocycles. The molecule has 0 bridgehead atoms. The fraction of sp³-hybridized carbons (Fsp3) is 0.385. The summed E-state index contributed by atoms with van der Waals surface area (Å²) in [6.45, 7) is 0. The first kappa shape index (κ1) is 26.2. The molecule has 0 aliphatic heterocycles. The fourth-order valence-electron chi connectivity index (χ4n) is 6.97. The number of carbonyl (C=O) groups excluding carboxylic acids is 5. The second-order valence-electron chi connectivity index (χ2n) is 10.8. The van der Waals surface area contributed by atoms with E-state index in [2.05, 4.69) is 0 Å². The van der Waals surface area contributed by atoms with Crippen LogP contribution in [-0.4, -0.2) is 70.3 Å². The summed E-state index contributed by atoms with van der Waals surface area (Å²) in [5.41, 5.74) is 18.9. The average Bonchev–Trinajstić information content (AvgIpc) is 3.34. The van der Waals surface area contributed by atoms with Crippen molar-refractivity contribution in [1.29, 1.82) is 5.26 Å². The molecule has 39 heavy (non-hydrogen) atoms. The Labute approximate surface area is 221 Å². The van der Waals surface area contributed by atoms with Crippen LogP contribution in [0.15, 0.2) is 29.1 Å². The van der Waals surface area contributed by atoms with E-state index in [1.165, 1.54) is 37.6 Å². The first-order valence-corrected chi connectivity index (χ1v) is 12.0. The smallest absolute Gasteiger partial charge is 0.235 e. The number of nitrogens with zero attached hydrogens (tertiary/aromatic N) is 2. The molecule has 2 aromatic rings. The normalized spacial score (nSPS) is 33.8. The highest BCUT2D eigenvalue weighted by Crippen LogP contribution is 2.57. The van der Waals surface area contributed by atoms with Crippen molar-refractivity contribution in [3.05, 3.63) is 35.8 Å². The molecule has 0 spiro atoms. The Hall–Kier alpha value is -4.38. The Morgan fingerprint density at radius 1 is 1.21 bits per heavy atom. The lowest BCUT2D eigenvalue weighted by molar-refractivity contribution is -0.166. The van der Waals surface area contributed by atoms with Crippen LogP contribution in [-0.2, 0) is 25.6 Å². The zero-order valence-corrected chi connectivity index (χ0v) is 21.1. The quantitative estimate of drug-likeness (QED) is 0.174. The largest absolute Gasteiger partial charge is 0.505 e. The SMILES string of the molecule is CN(C)[C@@H]1C(=O)C(C(N)=O)C(=O)[C@@]2(C#N)C(=O)C3C(=O)c4c(O)c(N)cc(-c5ccoc5)c4C[C@@]3(N)C[C@@]12N. The summed E-state index contributed by atoms with van der Waals surface area (Å²) in [6, 6.07) is 3.23. The van der Waals surface area contributed by atoms with Crippen LogP contribution < -0.4 is 22.9 Å². The molecule has 1 aromatic carbocycles. The summed E-state index contributed by atoms with van der Waals surface area (Å²) < 4.78 is 5.17. The van der Waals surface area contributed by atoms with Crippen molar-refractivity contribution in [3.8, 4) is 22.9 Å². The molecule has 6 atom stereocenters. The van der Waals surface area contributed by atoms with Crippen molar-refractivity contribution >= 4 is 34.7 Å². The summed E-state index contributed by atoms with van der Waals surface area (Å²) in [5, 5.41) is 21.2. The minimum absolute atomic E-state index is 0.157. The van der Waals surface area contributed by atoms with Gasteiger partial charge >= 0.3 is 0 Å². The Bertz CT molecular complexity index is 1540. The Morgan fingerprint density at radius 3 is 2.41 bits per heavy atom. The number of fused-ring (bicyclic) bond motifs is 3. The summed E-state index contributed by atoms with van der Waals surface area (Å²) in [6.07, 6.45) is 2.08. The van der Waals surface area contributed by atoms with Gasteiger partial charge < -0.3 is 32.5 Å². The number of rotatable bonds is 3. The second-order valence-corrected chi connectivity index (χ2v) is 10.8. The third-order valence-electron chi connectivity index (χ3n) is 8.45. The maximum absolute atomic E-state index is 14.3. The van der Waals surface area contributed by atoms with Crippen LogP contribution in [0.1, 0.15) is 22.3 Å². The highest BCUT2D eigenvalue weighted by molar-refractivity contribution is 6.33. The van der Waals surface area contributed by atoms with Crippen molar-refractivity contribution in [3.63, 3.8) is 0 Å². The topological polar surface area (TPSA) is 250 Å². The molecule has 3 aliphatic carbocycles. The lowest BCUT2D eigenvalue weighted by Crippen LogP contribution is -2.85. The molecular formula is C26H26N6O7. The van der Waals surface area contributed by atoms with E-state index < -0.39 is 75.6 Å². The van der Waals surface area contributed by atoms with E-state index in [9.17, 15) is 34.3 Å². The number of furan rings is 1. The lowest BCUT2D eigenvalue weighted by Gasteiger charge is -2.60. The van der Waals surface area contributed by atoms with Crippen molar-refractivity contribution < 1.29 is 33.5 Å². The first-order valence-electron chi connectivity index (χ1n) is 12.0. The van der Waals surface area contributed by atoms with E-state index in [4.69, 9.17) is 27.4 Å². The van der Waals surface area contributed by atoms with E-state index in [0.29, 0.717) is 11.1 Å². The van der Waals surface area contributed by atoms with E-state index in [0.717, 1.165) is 0 Å². The molecule has 1 aromatic heterocycles. The minimum Gasteiger partial charge on any atom is -0.505 e. The van der Waals surface area contributed by atoms with Crippen LogP contribution in [0.3, 0.4) is 0 Å². The Morgan fingerprint density at radius 2 is 1.87 bits per heavy atom. The third-order valence-corrected chi connectivity index (χ3v) is 8.45. The molecule has 13 nitrogen and oxygen atoms in total. The number of nitrogen functional groups attached to an aromatic ring is 1. The number of hydrogen-bond acceptors (Lipinski definition) is 12. The Kier molecular flexibility index (Phi) is 5.42. The fourth-order valence-corrected chi connectivity index (χ4v) is 6.97. The first-order chi connectivity index (χ1) is 18.2. The number of ketones is 4. The van der Waals surface area contributed by atoms with Gasteiger partial charge in [-0.15, -0.1) is 0 Å². The summed E-state index contributed by atoms with van der Waals surface area (Å²) in [7, 11) is 2.87. The molecule has 2 unspecified atom stereocenters. The van der Waals surface area contributed by atoms with Crippen LogP contribution in [0.4, 0.5) is 5.69 Å². The number of likely N-dealkylation sites (N-methyl/N-ethyl adjacent to an activating group) is 1. The maximum Gasteiger partial charge on any atom is 0.235 e. The summed E-state index contributed by atoms with van der Waals surface area (Å²) in [5.74, 6) is -10.4. The second kappa shape index (κ2) is 8.06. The molecular weight excluding hydrogens is 508 g/mol. The molecule has 2 fully saturated rings. The number of aromatic hydroxyl groups is 1. The summed E-state index contributed by atoms with van der Waals surface area (Å²) in [4.78, 5) is 69.0. The number of phenols is 1. The number of primary amides is 1. The van der Waals surface area contributed by atoms with Crippen molar-refractivity contribution in [2.75, 3.05) is 19.8 Å². The van der Waals surface area contributed by atoms with Crippen LogP contribution in [0.25, 0.3) is 11.1 Å². The summed E-state index contributed by atoms with van der Waals surface area (Å²) >= 11 is 0. The van der Waals surface area contributed by atoms with E-state index in [-0.39, 0.29) is 23.2 Å². The standard InChI is InChI=1S/C26H26N6O7/c1-32(2)20-19(35)15(23(29)38)21(36)25(9-27)22(37)16-18(34)14-12(6-24(16,30)8-26(20,25)31)11(5-13(28)17(14)33)10-3-4-39-7-10/h3-5,7,15-16,20,33H,6,8,28,30-31H2,1-2H3,(H2,29,38)/t15?,16?,20-,24-,25+,26-/m1/s1. The number of benzene rings is 1. The van der Waals surface area contributed by atoms with Gasteiger partial charge in [0.2, 0.25) is 5.91 Å².